The van der Waals surface area contributed by atoms with Crippen LogP contribution in [0.4, 0.5) is 0 Å². The predicted octanol–water partition coefficient (Wildman–Crippen LogP) is 4.17. The second kappa shape index (κ2) is 5.80. The summed E-state index contributed by atoms with van der Waals surface area (Å²) in [5.41, 5.74) is 2.18. The van der Waals surface area contributed by atoms with E-state index in [-0.39, 0.29) is 17.1 Å². The van der Waals surface area contributed by atoms with Gasteiger partial charge in [0.1, 0.15) is 5.25 Å². The molecule has 1 unspecified atom stereocenters. The molecule has 0 spiro atoms. The molecule has 0 N–H and O–H groups in total. The molecule has 4 heteroatoms. The highest BCUT2D eigenvalue weighted by Gasteiger charge is 2.30. The van der Waals surface area contributed by atoms with E-state index >= 15 is 0 Å². The highest BCUT2D eigenvalue weighted by atomic mass is 32.2. The van der Waals surface area contributed by atoms with Crippen molar-refractivity contribution in [3.8, 4) is 0 Å². The Morgan fingerprint density at radius 3 is 2.95 bits per heavy atom. The summed E-state index contributed by atoms with van der Waals surface area (Å²) in [5.74, 6) is 0.190. The highest BCUT2D eigenvalue weighted by molar-refractivity contribution is 8.03. The summed E-state index contributed by atoms with van der Waals surface area (Å²) in [6, 6.07) is 8.29. The van der Waals surface area contributed by atoms with Crippen molar-refractivity contribution in [1.29, 1.82) is 0 Å². The first-order valence-corrected chi connectivity index (χ1v) is 8.30. The van der Waals surface area contributed by atoms with Gasteiger partial charge in [0.05, 0.1) is 6.10 Å². The van der Waals surface area contributed by atoms with Gasteiger partial charge in [0.2, 0.25) is 0 Å². The Kier molecular flexibility index (Phi) is 4.06. The maximum atomic E-state index is 12.6. The van der Waals surface area contributed by atoms with E-state index in [9.17, 15) is 4.79 Å². The molecule has 3 rings (SSSR count). The fraction of sp³-hybridized carbons (Fsp3) is 0.312. The van der Waals surface area contributed by atoms with Gasteiger partial charge in [0.15, 0.2) is 5.78 Å². The van der Waals surface area contributed by atoms with Crippen molar-refractivity contribution < 1.29 is 8.98 Å². The molecule has 1 aliphatic carbocycles. The normalized spacial score (nSPS) is 21.1. The van der Waals surface area contributed by atoms with Crippen molar-refractivity contribution in [3.63, 3.8) is 0 Å². The molecular formula is C16H16O2S2. The van der Waals surface area contributed by atoms with Crippen LogP contribution in [-0.4, -0.2) is 17.1 Å². The molecule has 1 aromatic carbocycles. The largest absolute Gasteiger partial charge is 0.312 e. The van der Waals surface area contributed by atoms with Crippen molar-refractivity contribution in [1.82, 2.24) is 0 Å². The van der Waals surface area contributed by atoms with Gasteiger partial charge in [-0.3, -0.25) is 4.79 Å². The monoisotopic (exact) mass is 304 g/mol. The number of benzene rings is 1. The fourth-order valence-corrected chi connectivity index (χ4v) is 4.04. The third kappa shape index (κ3) is 2.73. The molecule has 1 aliphatic heterocycles. The topological polar surface area (TPSA) is 26.3 Å². The Balaban J connectivity index is 1.80. The Bertz CT molecular complexity index is 602. The summed E-state index contributed by atoms with van der Waals surface area (Å²) in [5, 5.41) is -0.206. The van der Waals surface area contributed by atoms with Crippen molar-refractivity contribution in [2.45, 2.75) is 36.5 Å². The smallest absolute Gasteiger partial charge is 0.179 e. The minimum absolute atomic E-state index is 0.123. The summed E-state index contributed by atoms with van der Waals surface area (Å²) in [7, 11) is 0. The van der Waals surface area contributed by atoms with E-state index < -0.39 is 0 Å². The van der Waals surface area contributed by atoms with E-state index in [0.717, 1.165) is 16.9 Å². The van der Waals surface area contributed by atoms with Crippen molar-refractivity contribution in [2.24, 2.45) is 0 Å². The number of rotatable bonds is 3. The summed E-state index contributed by atoms with van der Waals surface area (Å²) < 4.78 is 5.52. The quantitative estimate of drug-likeness (QED) is 0.783. The first kappa shape index (κ1) is 14.0. The molecule has 1 aromatic rings. The summed E-state index contributed by atoms with van der Waals surface area (Å²) in [6.07, 6.45) is 4.88. The standard InChI is InChI=1S/C16H16O2S2/c1-10(2)18-20-15-8-7-14-12(16(15)17)9-11-5-3-4-6-13(11)19-14/h3-8,10,15H,9H2,1-2H3. The Morgan fingerprint density at radius 1 is 1.35 bits per heavy atom. The average molecular weight is 304 g/mol. The number of carbonyl (C=O) groups is 1. The predicted molar refractivity (Wildman–Crippen MR) is 84.8 cm³/mol. The molecule has 0 fully saturated rings. The zero-order valence-electron chi connectivity index (χ0n) is 11.5. The molecule has 1 atom stereocenters. The minimum Gasteiger partial charge on any atom is -0.312 e. The van der Waals surface area contributed by atoms with Crippen LogP contribution >= 0.6 is 23.8 Å². The number of fused-ring (bicyclic) bond motifs is 1. The number of ketones is 1. The van der Waals surface area contributed by atoms with Crippen molar-refractivity contribution in [2.75, 3.05) is 0 Å². The number of Topliss-reactive ketones (excluding diaryl/α,β-unsaturated/α-hetero) is 1. The summed E-state index contributed by atoms with van der Waals surface area (Å²) >= 11 is 2.96. The Morgan fingerprint density at radius 2 is 2.15 bits per heavy atom. The summed E-state index contributed by atoms with van der Waals surface area (Å²) in [6.45, 7) is 3.95. The number of carbonyl (C=O) groups excluding carboxylic acids is 1. The highest BCUT2D eigenvalue weighted by Crippen LogP contribution is 2.42. The van der Waals surface area contributed by atoms with Crippen LogP contribution in [-0.2, 0) is 15.4 Å². The average Bonchev–Trinajstić information content (AvgIpc) is 2.45. The minimum atomic E-state index is -0.206. The number of hydrogen-bond donors (Lipinski definition) is 0. The molecule has 1 heterocycles. The van der Waals surface area contributed by atoms with Crippen molar-refractivity contribution >= 4 is 29.6 Å². The molecule has 2 aliphatic rings. The van der Waals surface area contributed by atoms with E-state index in [1.54, 1.807) is 11.8 Å². The summed E-state index contributed by atoms with van der Waals surface area (Å²) in [4.78, 5) is 14.9. The van der Waals surface area contributed by atoms with E-state index in [2.05, 4.69) is 18.2 Å². The third-order valence-corrected chi connectivity index (χ3v) is 5.48. The molecule has 2 nitrogen and oxygen atoms in total. The van der Waals surface area contributed by atoms with Gasteiger partial charge in [0, 0.05) is 33.8 Å². The SMILES string of the molecule is CC(C)OSC1C=CC2=C(Cc3ccccc3S2)C1=O. The molecule has 0 saturated heterocycles. The molecular weight excluding hydrogens is 288 g/mol. The molecule has 0 amide bonds. The fourth-order valence-electron chi connectivity index (χ4n) is 2.23. The van der Waals surface area contributed by atoms with Crippen LogP contribution in [0.15, 0.2) is 51.8 Å². The van der Waals surface area contributed by atoms with Crippen LogP contribution in [0.1, 0.15) is 19.4 Å². The number of thioether (sulfide) groups is 1. The van der Waals surface area contributed by atoms with Crippen molar-refractivity contribution in [3.05, 3.63) is 52.5 Å². The van der Waals surface area contributed by atoms with Crippen LogP contribution < -0.4 is 0 Å². The van der Waals surface area contributed by atoms with Gasteiger partial charge >= 0.3 is 0 Å². The maximum absolute atomic E-state index is 12.6. The Hall–Kier alpha value is -0.970. The van der Waals surface area contributed by atoms with E-state index in [1.165, 1.54) is 22.5 Å². The van der Waals surface area contributed by atoms with E-state index in [4.69, 9.17) is 4.18 Å². The molecule has 0 saturated carbocycles. The van der Waals surface area contributed by atoms with Crippen LogP contribution in [0.2, 0.25) is 0 Å². The zero-order valence-corrected chi connectivity index (χ0v) is 13.1. The number of allylic oxidation sites excluding steroid dienone is 2. The lowest BCUT2D eigenvalue weighted by atomic mass is 9.95. The molecule has 0 radical (unpaired) electrons. The van der Waals surface area contributed by atoms with Crippen LogP contribution in [0, 0.1) is 0 Å². The lowest BCUT2D eigenvalue weighted by Crippen LogP contribution is -2.24. The van der Waals surface area contributed by atoms with Gasteiger partial charge in [0.25, 0.3) is 0 Å². The maximum Gasteiger partial charge on any atom is 0.179 e. The van der Waals surface area contributed by atoms with Gasteiger partial charge in [-0.15, -0.1) is 0 Å². The first-order chi connectivity index (χ1) is 9.65. The van der Waals surface area contributed by atoms with Gasteiger partial charge in [-0.25, -0.2) is 0 Å². The van der Waals surface area contributed by atoms with Gasteiger partial charge in [-0.2, -0.15) is 0 Å². The van der Waals surface area contributed by atoms with Gasteiger partial charge < -0.3 is 4.18 Å². The molecule has 0 bridgehead atoms. The second-order valence-electron chi connectivity index (χ2n) is 5.11. The number of hydrogen-bond acceptors (Lipinski definition) is 4. The van der Waals surface area contributed by atoms with Gasteiger partial charge in [-0.05, 0) is 25.5 Å². The third-order valence-electron chi connectivity index (χ3n) is 3.19. The Labute approximate surface area is 127 Å². The van der Waals surface area contributed by atoms with Crippen LogP contribution in [0.3, 0.4) is 0 Å². The second-order valence-corrected chi connectivity index (χ2v) is 7.09. The van der Waals surface area contributed by atoms with Gasteiger partial charge in [-0.1, -0.05) is 42.1 Å². The molecule has 104 valence electrons. The van der Waals surface area contributed by atoms with E-state index in [0.29, 0.717) is 0 Å². The molecule has 20 heavy (non-hydrogen) atoms. The van der Waals surface area contributed by atoms with Crippen LogP contribution in [0.25, 0.3) is 0 Å². The zero-order chi connectivity index (χ0) is 14.1. The molecule has 0 aromatic heterocycles. The first-order valence-electron chi connectivity index (χ1n) is 6.68. The van der Waals surface area contributed by atoms with Crippen LogP contribution in [0.5, 0.6) is 0 Å². The lowest BCUT2D eigenvalue weighted by molar-refractivity contribution is -0.114. The van der Waals surface area contributed by atoms with E-state index in [1.807, 2.05) is 32.1 Å². The lowest BCUT2D eigenvalue weighted by Gasteiger charge is -2.25.